The van der Waals surface area contributed by atoms with Crippen LogP contribution in [-0.2, 0) is 9.59 Å². The smallest absolute Gasteiger partial charge is 0.276 e. The third kappa shape index (κ3) is 5.07. The van der Waals surface area contributed by atoms with Gasteiger partial charge in [-0.15, -0.1) is 0 Å². The number of anilines is 1. The highest BCUT2D eigenvalue weighted by Crippen LogP contribution is 2.30. The van der Waals surface area contributed by atoms with Gasteiger partial charge in [0, 0.05) is 23.2 Å². The van der Waals surface area contributed by atoms with E-state index in [2.05, 4.69) is 16.2 Å². The highest BCUT2D eigenvalue weighted by Gasteiger charge is 2.29. The van der Waals surface area contributed by atoms with Crippen molar-refractivity contribution in [1.82, 2.24) is 10.9 Å². The number of carbonyl (C=O) groups is 3. The van der Waals surface area contributed by atoms with Crippen LogP contribution in [0.1, 0.15) is 23.2 Å². The molecule has 0 saturated heterocycles. The van der Waals surface area contributed by atoms with E-state index in [4.69, 9.17) is 4.74 Å². The number of hydrazine groups is 1. The monoisotopic (exact) mass is 353 g/mol. The fraction of sp³-hybridized carbons (Fsp3) is 0.211. The van der Waals surface area contributed by atoms with Gasteiger partial charge in [0.2, 0.25) is 5.91 Å². The molecule has 2 aromatic rings. The molecule has 7 heteroatoms. The molecule has 3 amide bonds. The Balaban J connectivity index is 1.44. The molecule has 26 heavy (non-hydrogen) atoms. The minimum atomic E-state index is -0.498. The summed E-state index contributed by atoms with van der Waals surface area (Å²) in [4.78, 5) is 35.4. The van der Waals surface area contributed by atoms with Crippen LogP contribution in [0.4, 0.5) is 5.69 Å². The van der Waals surface area contributed by atoms with E-state index in [1.165, 1.54) is 0 Å². The Hall–Kier alpha value is -3.35. The van der Waals surface area contributed by atoms with Crippen LogP contribution in [0.5, 0.6) is 5.75 Å². The Morgan fingerprint density at radius 3 is 2.46 bits per heavy atom. The summed E-state index contributed by atoms with van der Waals surface area (Å²) in [7, 11) is 0. The predicted molar refractivity (Wildman–Crippen MR) is 95.3 cm³/mol. The maximum absolute atomic E-state index is 11.8. The second-order valence-electron chi connectivity index (χ2n) is 5.95. The Bertz CT molecular complexity index is 803. The fourth-order valence-corrected chi connectivity index (χ4v) is 2.23. The lowest BCUT2D eigenvalue weighted by molar-refractivity contribution is -0.123. The van der Waals surface area contributed by atoms with E-state index < -0.39 is 11.8 Å². The van der Waals surface area contributed by atoms with Crippen molar-refractivity contribution in [2.75, 3.05) is 11.9 Å². The highest BCUT2D eigenvalue weighted by atomic mass is 16.5. The lowest BCUT2D eigenvalue weighted by Gasteiger charge is -2.10. The van der Waals surface area contributed by atoms with Crippen molar-refractivity contribution in [2.24, 2.45) is 5.92 Å². The zero-order chi connectivity index (χ0) is 18.4. The summed E-state index contributed by atoms with van der Waals surface area (Å²) in [6.45, 7) is -0.269. The molecule has 0 atom stereocenters. The van der Waals surface area contributed by atoms with Gasteiger partial charge in [0.05, 0.1) is 0 Å². The number of ether oxygens (including phenoxy) is 1. The number of hydrogen-bond donors (Lipinski definition) is 3. The van der Waals surface area contributed by atoms with Gasteiger partial charge >= 0.3 is 0 Å². The first kappa shape index (κ1) is 17.5. The first-order valence-electron chi connectivity index (χ1n) is 8.30. The van der Waals surface area contributed by atoms with E-state index in [-0.39, 0.29) is 18.4 Å². The van der Waals surface area contributed by atoms with Crippen molar-refractivity contribution in [1.29, 1.82) is 0 Å². The molecular formula is C19H19N3O4. The molecule has 1 fully saturated rings. The van der Waals surface area contributed by atoms with Gasteiger partial charge in [-0.05, 0) is 37.1 Å². The summed E-state index contributed by atoms with van der Waals surface area (Å²) in [6.07, 6.45) is 1.85. The Labute approximate surface area is 150 Å². The average Bonchev–Trinajstić information content (AvgIpc) is 3.51. The summed E-state index contributed by atoms with van der Waals surface area (Å²) in [5.41, 5.74) is 5.66. The van der Waals surface area contributed by atoms with Crippen molar-refractivity contribution in [2.45, 2.75) is 12.8 Å². The largest absolute Gasteiger partial charge is 0.484 e. The number of carbonyl (C=O) groups excluding carboxylic acids is 3. The molecular weight excluding hydrogens is 334 g/mol. The van der Waals surface area contributed by atoms with Gasteiger partial charge in [-0.25, -0.2) is 0 Å². The number of benzene rings is 2. The Morgan fingerprint density at radius 1 is 0.962 bits per heavy atom. The van der Waals surface area contributed by atoms with Crippen molar-refractivity contribution < 1.29 is 19.1 Å². The molecule has 0 radical (unpaired) electrons. The van der Waals surface area contributed by atoms with Gasteiger partial charge in [0.25, 0.3) is 11.8 Å². The molecule has 7 nitrogen and oxygen atoms in total. The molecule has 134 valence electrons. The number of rotatable bonds is 6. The predicted octanol–water partition coefficient (Wildman–Crippen LogP) is 1.88. The summed E-state index contributed by atoms with van der Waals surface area (Å²) >= 11 is 0. The quantitative estimate of drug-likeness (QED) is 0.691. The zero-order valence-corrected chi connectivity index (χ0v) is 14.0. The molecule has 3 N–H and O–H groups in total. The van der Waals surface area contributed by atoms with E-state index in [1.807, 2.05) is 0 Å². The number of nitrogens with one attached hydrogen (secondary N) is 3. The Kier molecular flexibility index (Phi) is 5.48. The second kappa shape index (κ2) is 8.15. The molecule has 1 aliphatic carbocycles. The maximum atomic E-state index is 11.8. The van der Waals surface area contributed by atoms with Crippen LogP contribution < -0.4 is 20.9 Å². The number of hydrogen-bond acceptors (Lipinski definition) is 4. The van der Waals surface area contributed by atoms with Gasteiger partial charge in [-0.1, -0.05) is 24.3 Å². The van der Waals surface area contributed by atoms with Crippen LogP contribution in [0, 0.1) is 5.92 Å². The summed E-state index contributed by atoms with van der Waals surface area (Å²) in [5.74, 6) is -0.351. The molecule has 2 aromatic carbocycles. The topological polar surface area (TPSA) is 96.5 Å². The van der Waals surface area contributed by atoms with Gasteiger partial charge < -0.3 is 10.1 Å². The second-order valence-corrected chi connectivity index (χ2v) is 5.95. The minimum absolute atomic E-state index is 0.00326. The molecule has 0 heterocycles. The first-order chi connectivity index (χ1) is 12.6. The first-order valence-corrected chi connectivity index (χ1v) is 8.30. The van der Waals surface area contributed by atoms with Crippen LogP contribution in [0.3, 0.4) is 0 Å². The van der Waals surface area contributed by atoms with Crippen molar-refractivity contribution >= 4 is 23.4 Å². The zero-order valence-electron chi connectivity index (χ0n) is 14.0. The number of amides is 3. The van der Waals surface area contributed by atoms with Gasteiger partial charge in [-0.2, -0.15) is 0 Å². The maximum Gasteiger partial charge on any atom is 0.276 e. The normalized spacial score (nSPS) is 12.8. The standard InChI is InChI=1S/C19H19N3O4/c23-17(21-22-19(25)13-5-2-1-3-6-13)12-26-16-8-4-7-15(11-16)20-18(24)14-9-10-14/h1-8,11,14H,9-10,12H2,(H,20,24)(H,21,23)(H,22,25). The van der Waals surface area contributed by atoms with Crippen LogP contribution >= 0.6 is 0 Å². The van der Waals surface area contributed by atoms with E-state index in [1.54, 1.807) is 54.6 Å². The lowest BCUT2D eigenvalue weighted by atomic mass is 10.2. The molecule has 0 aliphatic heterocycles. The van der Waals surface area contributed by atoms with Crippen molar-refractivity contribution in [3.05, 3.63) is 60.2 Å². The van der Waals surface area contributed by atoms with Crippen LogP contribution in [0.25, 0.3) is 0 Å². The average molecular weight is 353 g/mol. The third-order valence-corrected chi connectivity index (χ3v) is 3.77. The third-order valence-electron chi connectivity index (χ3n) is 3.77. The SMILES string of the molecule is O=C(COc1cccc(NC(=O)C2CC2)c1)NNC(=O)c1ccccc1. The lowest BCUT2D eigenvalue weighted by Crippen LogP contribution is -2.43. The fourth-order valence-electron chi connectivity index (χ4n) is 2.23. The van der Waals surface area contributed by atoms with Gasteiger partial charge in [-0.3, -0.25) is 25.2 Å². The molecule has 0 unspecified atom stereocenters. The van der Waals surface area contributed by atoms with Crippen LogP contribution in [0.2, 0.25) is 0 Å². The molecule has 0 aromatic heterocycles. The Morgan fingerprint density at radius 2 is 1.73 bits per heavy atom. The van der Waals surface area contributed by atoms with E-state index in [9.17, 15) is 14.4 Å². The van der Waals surface area contributed by atoms with Gasteiger partial charge in [0.1, 0.15) is 5.75 Å². The molecule has 1 aliphatic rings. The van der Waals surface area contributed by atoms with E-state index >= 15 is 0 Å². The highest BCUT2D eigenvalue weighted by molar-refractivity contribution is 5.95. The van der Waals surface area contributed by atoms with Gasteiger partial charge in [0.15, 0.2) is 6.61 Å². The van der Waals surface area contributed by atoms with Crippen molar-refractivity contribution in [3.63, 3.8) is 0 Å². The van der Waals surface area contributed by atoms with Crippen LogP contribution in [-0.4, -0.2) is 24.3 Å². The minimum Gasteiger partial charge on any atom is -0.484 e. The summed E-state index contributed by atoms with van der Waals surface area (Å²) in [6, 6.07) is 15.4. The summed E-state index contributed by atoms with van der Waals surface area (Å²) in [5, 5.41) is 2.81. The molecule has 0 bridgehead atoms. The van der Waals surface area contributed by atoms with Crippen molar-refractivity contribution in [3.8, 4) is 5.75 Å². The molecule has 3 rings (SSSR count). The molecule has 1 saturated carbocycles. The molecule has 0 spiro atoms. The summed E-state index contributed by atoms with van der Waals surface area (Å²) < 4.78 is 5.39. The van der Waals surface area contributed by atoms with Crippen LogP contribution in [0.15, 0.2) is 54.6 Å². The van der Waals surface area contributed by atoms with E-state index in [0.29, 0.717) is 17.0 Å². The van der Waals surface area contributed by atoms with E-state index in [0.717, 1.165) is 12.8 Å².